The summed E-state index contributed by atoms with van der Waals surface area (Å²) < 4.78 is 16.2. The maximum Gasteiger partial charge on any atom is 0.334 e. The third-order valence-electron chi connectivity index (χ3n) is 7.38. The monoisotopic (exact) mass is 372 g/mol. The minimum atomic E-state index is -0.226. The van der Waals surface area contributed by atoms with Crippen LogP contribution < -0.4 is 0 Å². The van der Waals surface area contributed by atoms with E-state index in [1.807, 2.05) is 6.07 Å². The smallest absolute Gasteiger partial charge is 0.334 e. The highest BCUT2D eigenvalue weighted by Gasteiger charge is 2.61. The summed E-state index contributed by atoms with van der Waals surface area (Å²) in [5.74, 6) is 0.294. The summed E-state index contributed by atoms with van der Waals surface area (Å²) in [7, 11) is 0. The Labute approximate surface area is 160 Å². The van der Waals surface area contributed by atoms with E-state index in [1.165, 1.54) is 12.5 Å². The Balaban J connectivity index is 1.65. The van der Waals surface area contributed by atoms with Gasteiger partial charge in [-0.3, -0.25) is 4.79 Å². The Morgan fingerprint density at radius 1 is 1.37 bits per heavy atom. The number of esters is 2. The first-order valence-corrected chi connectivity index (χ1v) is 9.98. The fourth-order valence-electron chi connectivity index (χ4n) is 5.91. The SMILES string of the molecule is CC(=O)OC[C@@H]1CC[C@@]23COC(=O)C2=CCC[C@@H]3[C@@]1(C)CCc1ccoc1. The molecule has 0 N–H and O–H groups in total. The van der Waals surface area contributed by atoms with Crippen LogP contribution in [0.15, 0.2) is 34.7 Å². The first-order chi connectivity index (χ1) is 13.0. The molecule has 5 heteroatoms. The molecule has 2 heterocycles. The Morgan fingerprint density at radius 3 is 2.96 bits per heavy atom. The molecule has 0 amide bonds. The Hall–Kier alpha value is -2.04. The van der Waals surface area contributed by atoms with Gasteiger partial charge in [-0.25, -0.2) is 4.79 Å². The third-order valence-corrected chi connectivity index (χ3v) is 7.38. The fraction of sp³-hybridized carbons (Fsp3) is 0.636. The van der Waals surface area contributed by atoms with E-state index >= 15 is 0 Å². The Morgan fingerprint density at radius 2 is 2.22 bits per heavy atom. The fourth-order valence-corrected chi connectivity index (χ4v) is 5.91. The molecule has 4 rings (SSSR count). The van der Waals surface area contributed by atoms with Gasteiger partial charge in [0.05, 0.1) is 19.1 Å². The van der Waals surface area contributed by atoms with Crippen molar-refractivity contribution in [2.45, 2.75) is 52.4 Å². The summed E-state index contributed by atoms with van der Waals surface area (Å²) in [5, 5.41) is 0. The van der Waals surface area contributed by atoms with Crippen LogP contribution in [0.5, 0.6) is 0 Å². The van der Waals surface area contributed by atoms with Crippen LogP contribution in [0.2, 0.25) is 0 Å². The van der Waals surface area contributed by atoms with Crippen molar-refractivity contribution >= 4 is 11.9 Å². The number of cyclic esters (lactones) is 1. The standard InChI is InChI=1S/C22H28O5/c1-15(23)26-13-17-7-10-22-14-27-20(24)18(22)4-3-5-19(22)21(17,2)9-6-16-8-11-25-12-16/h4,8,11-12,17,19H,3,5-7,9-10,13-14H2,1-2H3/t17-,19+,21-,22+/m0/s1. The molecule has 0 aromatic carbocycles. The summed E-state index contributed by atoms with van der Waals surface area (Å²) in [6.45, 7) is 4.76. The van der Waals surface area contributed by atoms with Gasteiger partial charge in [0.25, 0.3) is 0 Å². The Bertz CT molecular complexity index is 749. The molecule has 1 aromatic rings. The molecular weight excluding hydrogens is 344 g/mol. The lowest BCUT2D eigenvalue weighted by molar-refractivity contribution is -0.149. The molecule has 1 saturated heterocycles. The summed E-state index contributed by atoms with van der Waals surface area (Å²) >= 11 is 0. The van der Waals surface area contributed by atoms with Gasteiger partial charge in [0, 0.05) is 17.9 Å². The van der Waals surface area contributed by atoms with Crippen molar-refractivity contribution in [3.63, 3.8) is 0 Å². The quantitative estimate of drug-likeness (QED) is 0.729. The molecule has 3 aliphatic rings. The maximum absolute atomic E-state index is 12.3. The van der Waals surface area contributed by atoms with Crippen molar-refractivity contribution in [1.29, 1.82) is 0 Å². The molecule has 1 aliphatic heterocycles. The zero-order chi connectivity index (χ0) is 19.1. The summed E-state index contributed by atoms with van der Waals surface area (Å²) in [6, 6.07) is 2.01. The van der Waals surface area contributed by atoms with Gasteiger partial charge in [0.15, 0.2) is 0 Å². The summed E-state index contributed by atoms with van der Waals surface area (Å²) in [5.41, 5.74) is 1.90. The van der Waals surface area contributed by atoms with Crippen LogP contribution in [0.1, 0.15) is 51.5 Å². The Kier molecular flexibility index (Phi) is 4.65. The number of allylic oxidation sites excluding steroid dienone is 1. The van der Waals surface area contributed by atoms with Crippen LogP contribution in [0.25, 0.3) is 0 Å². The van der Waals surface area contributed by atoms with E-state index in [1.54, 1.807) is 12.5 Å². The first kappa shape index (κ1) is 18.3. The summed E-state index contributed by atoms with van der Waals surface area (Å²) in [4.78, 5) is 23.8. The van der Waals surface area contributed by atoms with E-state index < -0.39 is 0 Å². The molecule has 4 atom stereocenters. The number of furan rings is 1. The molecule has 0 radical (unpaired) electrons. The van der Waals surface area contributed by atoms with Crippen molar-refractivity contribution in [3.05, 3.63) is 35.8 Å². The highest BCUT2D eigenvalue weighted by Crippen LogP contribution is 2.63. The number of ether oxygens (including phenoxy) is 2. The van der Waals surface area contributed by atoms with Crippen LogP contribution >= 0.6 is 0 Å². The van der Waals surface area contributed by atoms with Gasteiger partial charge >= 0.3 is 11.9 Å². The zero-order valence-electron chi connectivity index (χ0n) is 16.2. The highest BCUT2D eigenvalue weighted by atomic mass is 16.5. The van der Waals surface area contributed by atoms with Crippen molar-refractivity contribution < 1.29 is 23.5 Å². The van der Waals surface area contributed by atoms with Gasteiger partial charge in [-0.2, -0.15) is 0 Å². The molecule has 1 spiro atoms. The average Bonchev–Trinajstić information content (AvgIpc) is 3.28. The van der Waals surface area contributed by atoms with E-state index in [4.69, 9.17) is 13.9 Å². The van der Waals surface area contributed by atoms with E-state index in [2.05, 4.69) is 13.0 Å². The number of aryl methyl sites for hydroxylation is 1. The van der Waals surface area contributed by atoms with Gasteiger partial charge in [-0.05, 0) is 67.4 Å². The number of carbonyl (C=O) groups excluding carboxylic acids is 2. The second-order valence-corrected chi connectivity index (χ2v) is 8.66. The molecule has 2 aliphatic carbocycles. The predicted octanol–water partition coefficient (Wildman–Crippen LogP) is 4.07. The average molecular weight is 372 g/mol. The lowest BCUT2D eigenvalue weighted by Crippen LogP contribution is -2.53. The maximum atomic E-state index is 12.3. The van der Waals surface area contributed by atoms with Crippen molar-refractivity contribution in [2.75, 3.05) is 13.2 Å². The predicted molar refractivity (Wildman–Crippen MR) is 98.7 cm³/mol. The lowest BCUT2D eigenvalue weighted by Gasteiger charge is -2.57. The highest BCUT2D eigenvalue weighted by molar-refractivity contribution is 5.92. The van der Waals surface area contributed by atoms with Crippen LogP contribution in [0, 0.1) is 22.7 Å². The second kappa shape index (κ2) is 6.84. The van der Waals surface area contributed by atoms with E-state index in [9.17, 15) is 9.59 Å². The van der Waals surface area contributed by atoms with Crippen LogP contribution in [-0.4, -0.2) is 25.2 Å². The van der Waals surface area contributed by atoms with Crippen molar-refractivity contribution in [3.8, 4) is 0 Å². The molecule has 27 heavy (non-hydrogen) atoms. The first-order valence-electron chi connectivity index (χ1n) is 9.98. The number of hydrogen-bond acceptors (Lipinski definition) is 5. The van der Waals surface area contributed by atoms with Gasteiger partial charge in [-0.15, -0.1) is 0 Å². The zero-order valence-corrected chi connectivity index (χ0v) is 16.2. The minimum absolute atomic E-state index is 0.0293. The van der Waals surface area contributed by atoms with Crippen LogP contribution in [-0.2, 0) is 25.5 Å². The molecule has 2 fully saturated rings. The normalized spacial score (nSPS) is 35.0. The molecular formula is C22H28O5. The van der Waals surface area contributed by atoms with Crippen molar-refractivity contribution in [2.24, 2.45) is 22.7 Å². The molecule has 1 aromatic heterocycles. The number of rotatable bonds is 5. The van der Waals surface area contributed by atoms with Gasteiger partial charge < -0.3 is 13.9 Å². The second-order valence-electron chi connectivity index (χ2n) is 8.66. The number of hydrogen-bond donors (Lipinski definition) is 0. The molecule has 146 valence electrons. The van der Waals surface area contributed by atoms with Gasteiger partial charge in [-0.1, -0.05) is 13.0 Å². The van der Waals surface area contributed by atoms with Crippen molar-refractivity contribution in [1.82, 2.24) is 0 Å². The molecule has 0 unspecified atom stereocenters. The molecule has 0 bridgehead atoms. The van der Waals surface area contributed by atoms with E-state index in [-0.39, 0.29) is 22.8 Å². The van der Waals surface area contributed by atoms with Crippen LogP contribution in [0.4, 0.5) is 0 Å². The summed E-state index contributed by atoms with van der Waals surface area (Å²) in [6.07, 6.45) is 11.4. The third kappa shape index (κ3) is 3.01. The molecule has 5 nitrogen and oxygen atoms in total. The van der Waals surface area contributed by atoms with E-state index in [0.717, 1.165) is 44.1 Å². The van der Waals surface area contributed by atoms with Crippen LogP contribution in [0.3, 0.4) is 0 Å². The minimum Gasteiger partial charge on any atom is -0.472 e. The number of carbonyl (C=O) groups is 2. The largest absolute Gasteiger partial charge is 0.472 e. The van der Waals surface area contributed by atoms with E-state index in [0.29, 0.717) is 25.0 Å². The molecule has 1 saturated carbocycles. The van der Waals surface area contributed by atoms with Gasteiger partial charge in [0.2, 0.25) is 0 Å². The van der Waals surface area contributed by atoms with Gasteiger partial charge in [0.1, 0.15) is 6.61 Å². The topological polar surface area (TPSA) is 65.7 Å². The lowest BCUT2D eigenvalue weighted by atomic mass is 9.46.